The highest BCUT2D eigenvalue weighted by Gasteiger charge is 2.29. The maximum Gasteiger partial charge on any atom is 0.256 e. The summed E-state index contributed by atoms with van der Waals surface area (Å²) in [6.45, 7) is 3.69. The minimum absolute atomic E-state index is 0.0190. The van der Waals surface area contributed by atoms with E-state index in [-0.39, 0.29) is 12.0 Å². The van der Waals surface area contributed by atoms with Crippen LogP contribution in [-0.4, -0.2) is 31.7 Å². The van der Waals surface area contributed by atoms with Gasteiger partial charge in [0.1, 0.15) is 6.10 Å². The number of aryl methyl sites for hydroxylation is 1. The number of rotatable bonds is 3. The number of morpholine rings is 1. The first-order valence-electron chi connectivity index (χ1n) is 5.92. The number of carbonyl (C=O) groups excluding carboxylic acids is 1. The molecule has 1 unspecified atom stereocenters. The van der Waals surface area contributed by atoms with Gasteiger partial charge in [0.15, 0.2) is 0 Å². The van der Waals surface area contributed by atoms with Crippen LogP contribution in [0.25, 0.3) is 0 Å². The van der Waals surface area contributed by atoms with E-state index in [2.05, 4.69) is 0 Å². The van der Waals surface area contributed by atoms with Gasteiger partial charge in [-0.1, -0.05) is 17.7 Å². The quantitative estimate of drug-likeness (QED) is 0.851. The number of carbonyl (C=O) groups is 1. The molecular formula is C13H18N2O2. The first-order chi connectivity index (χ1) is 8.22. The molecule has 4 nitrogen and oxygen atoms in total. The molecule has 2 N–H and O–H groups in total. The van der Waals surface area contributed by atoms with Gasteiger partial charge in [0.05, 0.1) is 6.61 Å². The number of benzene rings is 1. The Labute approximate surface area is 101 Å². The summed E-state index contributed by atoms with van der Waals surface area (Å²) in [7, 11) is 0. The highest BCUT2D eigenvalue weighted by Crippen LogP contribution is 2.20. The molecule has 1 aromatic carbocycles. The van der Waals surface area contributed by atoms with Crippen LogP contribution in [0.5, 0.6) is 0 Å². The fourth-order valence-electron chi connectivity index (χ4n) is 1.98. The Balaban J connectivity index is 2.14. The van der Waals surface area contributed by atoms with Crippen LogP contribution in [0, 0.1) is 6.92 Å². The lowest BCUT2D eigenvalue weighted by molar-refractivity contribution is -0.134. The van der Waals surface area contributed by atoms with E-state index in [4.69, 9.17) is 10.5 Å². The van der Waals surface area contributed by atoms with Gasteiger partial charge < -0.3 is 15.4 Å². The summed E-state index contributed by atoms with van der Waals surface area (Å²) in [5.74, 6) is 0.0190. The molecule has 4 heteroatoms. The van der Waals surface area contributed by atoms with Gasteiger partial charge in [0.25, 0.3) is 5.91 Å². The maximum atomic E-state index is 12.1. The van der Waals surface area contributed by atoms with E-state index in [1.165, 1.54) is 5.56 Å². The fourth-order valence-corrected chi connectivity index (χ4v) is 1.98. The minimum Gasteiger partial charge on any atom is -0.366 e. The number of ether oxygens (including phenoxy) is 1. The zero-order valence-electron chi connectivity index (χ0n) is 10.1. The molecule has 92 valence electrons. The van der Waals surface area contributed by atoms with Crippen LogP contribution in [0.3, 0.4) is 0 Å². The third-order valence-corrected chi connectivity index (χ3v) is 2.95. The van der Waals surface area contributed by atoms with E-state index >= 15 is 0 Å². The zero-order valence-corrected chi connectivity index (χ0v) is 10.1. The second-order valence-electron chi connectivity index (χ2n) is 4.26. The molecule has 1 aromatic rings. The molecule has 1 amide bonds. The van der Waals surface area contributed by atoms with Crippen LogP contribution in [-0.2, 0) is 9.53 Å². The van der Waals surface area contributed by atoms with Gasteiger partial charge in [-0.05, 0) is 32.0 Å². The van der Waals surface area contributed by atoms with Crippen molar-refractivity contribution in [2.24, 2.45) is 5.73 Å². The smallest absolute Gasteiger partial charge is 0.256 e. The third kappa shape index (κ3) is 2.65. The van der Waals surface area contributed by atoms with Gasteiger partial charge >= 0.3 is 0 Å². The van der Waals surface area contributed by atoms with Crippen LogP contribution in [0.1, 0.15) is 12.0 Å². The van der Waals surface area contributed by atoms with Crippen LogP contribution in [0.2, 0.25) is 0 Å². The Morgan fingerprint density at radius 3 is 2.76 bits per heavy atom. The van der Waals surface area contributed by atoms with Crippen LogP contribution >= 0.6 is 0 Å². The Morgan fingerprint density at radius 2 is 2.12 bits per heavy atom. The summed E-state index contributed by atoms with van der Waals surface area (Å²) >= 11 is 0. The minimum atomic E-state index is -0.380. The van der Waals surface area contributed by atoms with E-state index in [1.807, 2.05) is 31.2 Å². The van der Waals surface area contributed by atoms with E-state index < -0.39 is 0 Å². The Kier molecular flexibility index (Phi) is 3.76. The van der Waals surface area contributed by atoms with E-state index in [1.54, 1.807) is 4.90 Å². The molecule has 1 saturated heterocycles. The van der Waals surface area contributed by atoms with Gasteiger partial charge in [0.2, 0.25) is 0 Å². The second-order valence-corrected chi connectivity index (χ2v) is 4.26. The Bertz CT molecular complexity index is 387. The third-order valence-electron chi connectivity index (χ3n) is 2.95. The predicted octanol–water partition coefficient (Wildman–Crippen LogP) is 1.08. The largest absolute Gasteiger partial charge is 0.366 e. The van der Waals surface area contributed by atoms with Gasteiger partial charge in [-0.2, -0.15) is 0 Å². The van der Waals surface area contributed by atoms with Crippen molar-refractivity contribution in [3.8, 4) is 0 Å². The van der Waals surface area contributed by atoms with Crippen molar-refractivity contribution >= 4 is 11.6 Å². The molecule has 0 radical (unpaired) electrons. The van der Waals surface area contributed by atoms with Gasteiger partial charge in [-0.25, -0.2) is 0 Å². The average molecular weight is 234 g/mol. The molecule has 1 aliphatic heterocycles. The molecule has 1 fully saturated rings. The molecule has 1 atom stereocenters. The highest BCUT2D eigenvalue weighted by molar-refractivity contribution is 5.97. The first-order valence-corrected chi connectivity index (χ1v) is 5.92. The predicted molar refractivity (Wildman–Crippen MR) is 66.9 cm³/mol. The maximum absolute atomic E-state index is 12.1. The molecule has 0 bridgehead atoms. The second kappa shape index (κ2) is 5.29. The molecule has 17 heavy (non-hydrogen) atoms. The molecule has 0 aliphatic carbocycles. The lowest BCUT2D eigenvalue weighted by atomic mass is 10.1. The number of nitrogens with two attached hydrogens (primary N) is 1. The summed E-state index contributed by atoms with van der Waals surface area (Å²) < 4.78 is 5.43. The number of nitrogens with zero attached hydrogens (tertiary/aromatic N) is 1. The van der Waals surface area contributed by atoms with E-state index in [0.29, 0.717) is 26.1 Å². The molecular weight excluding hydrogens is 216 g/mol. The Hall–Kier alpha value is -1.39. The van der Waals surface area contributed by atoms with Crippen molar-refractivity contribution in [3.63, 3.8) is 0 Å². The highest BCUT2D eigenvalue weighted by atomic mass is 16.5. The van der Waals surface area contributed by atoms with Gasteiger partial charge in [0, 0.05) is 12.2 Å². The lowest BCUT2D eigenvalue weighted by Crippen LogP contribution is -2.48. The normalized spacial score (nSPS) is 20.7. The van der Waals surface area contributed by atoms with Crippen molar-refractivity contribution in [2.45, 2.75) is 19.4 Å². The summed E-state index contributed by atoms with van der Waals surface area (Å²) in [5, 5.41) is 0. The fraction of sp³-hybridized carbons (Fsp3) is 0.462. The summed E-state index contributed by atoms with van der Waals surface area (Å²) in [6, 6.07) is 7.96. The van der Waals surface area contributed by atoms with Crippen molar-refractivity contribution in [3.05, 3.63) is 29.8 Å². The Morgan fingerprint density at radius 1 is 1.41 bits per heavy atom. The van der Waals surface area contributed by atoms with Gasteiger partial charge in [-0.15, -0.1) is 0 Å². The van der Waals surface area contributed by atoms with E-state index in [9.17, 15) is 4.79 Å². The number of anilines is 1. The van der Waals surface area contributed by atoms with Crippen LogP contribution in [0.15, 0.2) is 24.3 Å². The van der Waals surface area contributed by atoms with Crippen molar-refractivity contribution in [1.29, 1.82) is 0 Å². The van der Waals surface area contributed by atoms with Crippen molar-refractivity contribution in [1.82, 2.24) is 0 Å². The standard InChI is InChI=1S/C13H18N2O2/c1-10-2-4-11(5-3-10)15-8-9-17-12(6-7-14)13(15)16/h2-5,12H,6-9,14H2,1H3. The lowest BCUT2D eigenvalue weighted by Gasteiger charge is -2.32. The van der Waals surface area contributed by atoms with Gasteiger partial charge in [-0.3, -0.25) is 4.79 Å². The van der Waals surface area contributed by atoms with Crippen molar-refractivity contribution < 1.29 is 9.53 Å². The summed E-state index contributed by atoms with van der Waals surface area (Å²) in [4.78, 5) is 13.9. The topological polar surface area (TPSA) is 55.6 Å². The molecule has 1 heterocycles. The molecule has 1 aliphatic rings. The molecule has 2 rings (SSSR count). The first kappa shape index (κ1) is 12.1. The number of hydrogen-bond donors (Lipinski definition) is 1. The molecule has 0 spiro atoms. The number of amides is 1. The number of hydrogen-bond acceptors (Lipinski definition) is 3. The van der Waals surface area contributed by atoms with Crippen LogP contribution < -0.4 is 10.6 Å². The summed E-state index contributed by atoms with van der Waals surface area (Å²) in [5.41, 5.74) is 7.60. The van der Waals surface area contributed by atoms with E-state index in [0.717, 1.165) is 5.69 Å². The molecule has 0 saturated carbocycles. The monoisotopic (exact) mass is 234 g/mol. The molecule has 0 aromatic heterocycles. The summed E-state index contributed by atoms with van der Waals surface area (Å²) in [6.07, 6.45) is 0.205. The van der Waals surface area contributed by atoms with Crippen molar-refractivity contribution in [2.75, 3.05) is 24.6 Å². The average Bonchev–Trinajstić information content (AvgIpc) is 2.34. The zero-order chi connectivity index (χ0) is 12.3. The van der Waals surface area contributed by atoms with Crippen LogP contribution in [0.4, 0.5) is 5.69 Å². The SMILES string of the molecule is Cc1ccc(N2CCOC(CCN)C2=O)cc1.